The molecule has 46 heteroatoms. The number of imidazole rings is 1. The minimum absolute atomic E-state index is 0.0367. The monoisotopic (exact) mass is 1950 g/mol. The second-order valence-electron chi connectivity index (χ2n) is 34.8. The number of aromatic nitrogens is 11. The fraction of sp³-hybridized carbons (Fsp3) is 0.379. The van der Waals surface area contributed by atoms with E-state index in [1.54, 1.807) is 132 Å². The molecule has 13 rings (SSSR count). The smallest absolute Gasteiger partial charge is 0.430 e. The standard InChI is InChI=1S/C93H112N24O17.C2HF3O2/c1-12-93(132)66-44-69-80-56(45-117(69)91(130)65(66)53-134-92(93)131)35-55-36-64(24-25-67(55)107-80)133-54-79(120)95-28-21-19-17-15-13-14-16-18-20-23-78(119)106-68(26-30-97-83(122)70-37-58(47-110(70)5)100-86(125)74-41-62(51-114(74)9)104-89(128)76-43-63(52-116(76)11)105-90(129)81-96-32-34-109(81)4)82(121)99-57-39-72(112(7)46-57)85(124)102-60-42-75(115(10)49-60)88(127)103-61-40-73(113(8)50-61)87(126)101-59-38-71(111(6)48-59)84(123)98-31-27-77(118)94-29-22-33-108(2)3;3-2(4,5)1(6)7/h24-25,32,34-44,46-52,68,132H,12-23,26-31,33,45,53-54H2,1-11H3,(H,94,118)(H,95,120)(H,97,122)(H,98,123)(H,99,121)(H,100,125)(H,101,126)(H,102,124)(H,103,127)(H,104,128)(H,105,129)(H,106,119);(H,6,7)/t68-,93+;/m1./s1. The number of rotatable bonds is 43. The summed E-state index contributed by atoms with van der Waals surface area (Å²) in [5.41, 5.74) is 3.87. The van der Waals surface area contributed by atoms with Gasteiger partial charge in [-0.1, -0.05) is 51.9 Å². The predicted molar refractivity (Wildman–Crippen MR) is 509 cm³/mol. The second kappa shape index (κ2) is 45.9. The molecule has 0 saturated carbocycles. The van der Waals surface area contributed by atoms with E-state index in [0.717, 1.165) is 75.3 Å². The molecule has 141 heavy (non-hydrogen) atoms. The summed E-state index contributed by atoms with van der Waals surface area (Å²) in [6.07, 6.45) is 17.4. The van der Waals surface area contributed by atoms with Crippen LogP contribution >= 0.6 is 0 Å². The third kappa shape index (κ3) is 26.4. The first kappa shape index (κ1) is 104. The Morgan fingerprint density at radius 2 is 0.929 bits per heavy atom. The molecule has 2 aliphatic rings. The lowest BCUT2D eigenvalue weighted by Crippen LogP contribution is -3.05. The molecule has 0 aliphatic carbocycles. The molecule has 0 unspecified atom stereocenters. The van der Waals surface area contributed by atoms with E-state index in [4.69, 9.17) is 24.4 Å². The van der Waals surface area contributed by atoms with Gasteiger partial charge in [0.05, 0.1) is 89.5 Å². The quantitative estimate of drug-likeness (QED) is 0.0174. The summed E-state index contributed by atoms with van der Waals surface area (Å²) in [6.45, 7) is 3.42. The van der Waals surface area contributed by atoms with Crippen LogP contribution in [0.3, 0.4) is 0 Å². The Bertz CT molecular complexity index is 6670. The Labute approximate surface area is 805 Å². The highest BCUT2D eigenvalue weighted by atomic mass is 19.4. The maximum absolute atomic E-state index is 14.4. The van der Waals surface area contributed by atoms with Crippen LogP contribution in [0.1, 0.15) is 198 Å². The number of unbranched alkanes of at least 4 members (excludes halogenated alkanes) is 8. The summed E-state index contributed by atoms with van der Waals surface area (Å²) < 4.78 is 56.4. The first-order valence-electron chi connectivity index (χ1n) is 45.5. The molecule has 14 N–H and O–H groups in total. The molecule has 0 bridgehead atoms. The number of aryl methyl sites for hydroxylation is 8. The van der Waals surface area contributed by atoms with E-state index in [2.05, 4.69) is 68.8 Å². The summed E-state index contributed by atoms with van der Waals surface area (Å²) >= 11 is 0. The third-order valence-corrected chi connectivity index (χ3v) is 23.7. The zero-order valence-corrected chi connectivity index (χ0v) is 79.6. The Morgan fingerprint density at radius 3 is 1.38 bits per heavy atom. The summed E-state index contributed by atoms with van der Waals surface area (Å²) in [5, 5.41) is 54.5. The molecular weight excluding hydrogens is 1840 g/mol. The Kier molecular flexibility index (Phi) is 33.8. The van der Waals surface area contributed by atoms with Gasteiger partial charge in [-0.2, -0.15) is 13.2 Å². The van der Waals surface area contributed by atoms with Crippen molar-refractivity contribution in [3.8, 4) is 17.1 Å². The van der Waals surface area contributed by atoms with Crippen molar-refractivity contribution in [2.45, 2.75) is 128 Å². The average Bonchev–Trinajstić information content (AvgIpc) is 1.60. The number of aliphatic hydroxyl groups is 1. The molecule has 0 spiro atoms. The van der Waals surface area contributed by atoms with Gasteiger partial charge in [0.2, 0.25) is 17.7 Å². The number of alkyl halides is 3. The van der Waals surface area contributed by atoms with Crippen LogP contribution in [0.4, 0.5) is 53.0 Å². The summed E-state index contributed by atoms with van der Waals surface area (Å²) in [6, 6.07) is 18.0. The van der Waals surface area contributed by atoms with Crippen molar-refractivity contribution in [1.29, 1.82) is 0 Å². The number of carbonyl (C=O) groups is 14. The van der Waals surface area contributed by atoms with Crippen LogP contribution in [0, 0.1) is 0 Å². The Hall–Kier alpha value is -16.2. The van der Waals surface area contributed by atoms with Gasteiger partial charge in [0.15, 0.2) is 18.0 Å². The van der Waals surface area contributed by atoms with Crippen LogP contribution < -0.4 is 84.1 Å². The number of carbonyl (C=O) groups excluding carboxylic acids is 14. The van der Waals surface area contributed by atoms with Crippen LogP contribution in [-0.2, 0) is 109 Å². The molecule has 0 radical (unpaired) electrons. The maximum atomic E-state index is 14.4. The predicted octanol–water partition coefficient (Wildman–Crippen LogP) is 5.11. The first-order chi connectivity index (χ1) is 67.0. The number of pyridine rings is 2. The van der Waals surface area contributed by atoms with Gasteiger partial charge in [-0.15, -0.1) is 0 Å². The first-order valence-corrected chi connectivity index (χ1v) is 45.5. The highest BCUT2D eigenvalue weighted by Gasteiger charge is 2.46. The molecule has 12 heterocycles. The minimum atomic E-state index is -5.19. The molecule has 2 atom stereocenters. The molecule has 11 aromatic rings. The summed E-state index contributed by atoms with van der Waals surface area (Å²) in [5.74, 6) is -8.89. The number of nitrogens with one attached hydrogen (secondary N) is 13. The number of hydrogen-bond acceptors (Lipinski definition) is 21. The lowest BCUT2D eigenvalue weighted by molar-refractivity contribution is -0.858. The zero-order valence-electron chi connectivity index (χ0n) is 79.6. The van der Waals surface area contributed by atoms with Gasteiger partial charge < -0.3 is 134 Å². The zero-order chi connectivity index (χ0) is 102. The molecule has 1 aromatic carbocycles. The van der Waals surface area contributed by atoms with E-state index < -0.39 is 88.8 Å². The third-order valence-electron chi connectivity index (χ3n) is 23.7. The number of amides is 12. The van der Waals surface area contributed by atoms with E-state index >= 15 is 0 Å². The topological polar surface area (TPSA) is 537 Å². The van der Waals surface area contributed by atoms with Gasteiger partial charge in [0.1, 0.15) is 64.2 Å². The highest BCUT2D eigenvalue weighted by molar-refractivity contribution is 6.11. The van der Waals surface area contributed by atoms with Crippen LogP contribution in [0.25, 0.3) is 22.3 Å². The number of anilines is 7. The number of halogens is 3. The molecule has 2 aliphatic heterocycles. The number of hydrogen-bond donors (Lipinski definition) is 14. The number of carboxylic acid groups (broad SMARTS) is 1. The maximum Gasteiger partial charge on any atom is 0.430 e. The molecule has 0 saturated heterocycles. The number of fused-ring (bicyclic) bond motifs is 5. The lowest BCUT2D eigenvalue weighted by Gasteiger charge is -2.31. The van der Waals surface area contributed by atoms with Crippen molar-refractivity contribution in [1.82, 2.24) is 77.7 Å². The van der Waals surface area contributed by atoms with Gasteiger partial charge in [-0.05, 0) is 98.5 Å². The average molecular weight is 1950 g/mol. The number of cyclic esters (lactones) is 1. The van der Waals surface area contributed by atoms with E-state index in [9.17, 15) is 85.4 Å². The van der Waals surface area contributed by atoms with Crippen LogP contribution in [0.2, 0.25) is 0 Å². The number of benzene rings is 1. The van der Waals surface area contributed by atoms with Gasteiger partial charge in [0.25, 0.3) is 58.7 Å². The van der Waals surface area contributed by atoms with Crippen LogP contribution in [0.5, 0.6) is 5.75 Å². The molecular formula is C95H113F3N24O19. The normalized spacial score (nSPS) is 13.1. The fourth-order valence-corrected chi connectivity index (χ4v) is 16.2. The highest BCUT2D eigenvalue weighted by Crippen LogP contribution is 2.40. The van der Waals surface area contributed by atoms with Crippen LogP contribution in [-0.4, -0.2) is 205 Å². The van der Waals surface area contributed by atoms with Crippen molar-refractivity contribution >= 4 is 134 Å². The van der Waals surface area contributed by atoms with Gasteiger partial charge in [-0.3, -0.25) is 62.3 Å². The van der Waals surface area contributed by atoms with Crippen LogP contribution in [0.15, 0.2) is 133 Å². The van der Waals surface area contributed by atoms with Gasteiger partial charge in [0, 0.05) is 174 Å². The van der Waals surface area contributed by atoms with Gasteiger partial charge in [-0.25, -0.2) is 14.8 Å². The minimum Gasteiger partial charge on any atom is -0.542 e. The van der Waals surface area contributed by atoms with Gasteiger partial charge >= 0.3 is 12.1 Å². The van der Waals surface area contributed by atoms with Crippen molar-refractivity contribution in [2.24, 2.45) is 56.4 Å². The Balaban J connectivity index is 0.00000244. The Morgan fingerprint density at radius 1 is 0.504 bits per heavy atom. The molecule has 0 fully saturated rings. The second-order valence-corrected chi connectivity index (χ2v) is 34.8. The number of carboxylic acids is 1. The number of ether oxygens (including phenoxy) is 2. The van der Waals surface area contributed by atoms with Crippen molar-refractivity contribution in [3.05, 3.63) is 201 Å². The van der Waals surface area contributed by atoms with Crippen molar-refractivity contribution in [3.63, 3.8) is 0 Å². The van der Waals surface area contributed by atoms with E-state index in [-0.39, 0.29) is 155 Å². The van der Waals surface area contributed by atoms with E-state index in [1.807, 2.05) is 20.2 Å². The number of quaternary nitrogens is 1. The summed E-state index contributed by atoms with van der Waals surface area (Å²) in [7, 11) is 17.1. The largest absolute Gasteiger partial charge is 0.542 e. The van der Waals surface area contributed by atoms with E-state index in [1.165, 1.54) is 99.6 Å². The number of aliphatic carboxylic acids is 1. The lowest BCUT2D eigenvalue weighted by atomic mass is 9.86. The van der Waals surface area contributed by atoms with Crippen molar-refractivity contribution < 1.29 is 105 Å². The number of esters is 1. The molecule has 43 nitrogen and oxygen atoms in total. The van der Waals surface area contributed by atoms with E-state index in [0.29, 0.717) is 59.2 Å². The SMILES string of the molecule is CC[C@@]1(O)C(=O)OCc2c1cc1n(c2=O)Cc2cc3cc(OCC(=O)NCCCCCCCCCCCC(=O)N[C@H](CCNC(=O)c4cc(NC(=O)c5cc(NC(=O)c6cc(NC(=O)c7nccn7C)cn6C)cn5C)cn4C)C(=O)Nc4cc(C(=O)Nc5cc(C(=O)Nc6cc(C(=O)Nc7cc(C(=O)NCCC(=O)NCCC[NH+](C)C)n(C)c7)n(C)c6)n(C)c5)n(C)c4)ccc3nc2-1.O=C([O-])C(F)(F)F. The number of nitrogens with zero attached hydrogens (tertiary/aromatic N) is 11. The molecule has 10 aromatic heterocycles. The fourth-order valence-electron chi connectivity index (χ4n) is 16.2. The molecule has 748 valence electrons. The molecule has 12 amide bonds. The van der Waals surface area contributed by atoms with Crippen molar-refractivity contribution in [2.75, 3.05) is 90.6 Å². The summed E-state index contributed by atoms with van der Waals surface area (Å²) in [4.78, 5) is 207.